The number of hydrogen-bond donors (Lipinski definition) is 3. The summed E-state index contributed by atoms with van der Waals surface area (Å²) in [5.74, 6) is -4.10. The monoisotopic (exact) mass is 593 g/mol. The number of carboxylic acids is 1. The Kier molecular flexibility index (Phi) is 9.99. The first-order chi connectivity index (χ1) is 17.9. The highest BCUT2D eigenvalue weighted by Crippen LogP contribution is 2.27. The Morgan fingerprint density at radius 3 is 2.41 bits per heavy atom. The Labute approximate surface area is 228 Å². The maximum atomic E-state index is 13.0. The van der Waals surface area contributed by atoms with Gasteiger partial charge in [0.05, 0.1) is 24.7 Å². The number of β-lactam (4-membered cyclic amide) rings is 1. The summed E-state index contributed by atoms with van der Waals surface area (Å²) in [6, 6.07) is -2.39. The number of carbonyl (C=O) groups is 4. The molecule has 39 heavy (non-hydrogen) atoms. The van der Waals surface area contributed by atoms with Crippen molar-refractivity contribution in [2.75, 3.05) is 32.7 Å². The molecule has 0 aliphatic carbocycles. The smallest absolute Gasteiger partial charge is 0.365 e. The number of oxime groups is 1. The average molecular weight is 594 g/mol. The zero-order valence-electron chi connectivity index (χ0n) is 22.1. The van der Waals surface area contributed by atoms with E-state index in [0.29, 0.717) is 4.31 Å². The van der Waals surface area contributed by atoms with Crippen LogP contribution in [0.3, 0.4) is 0 Å². The van der Waals surface area contributed by atoms with Crippen molar-refractivity contribution in [3.63, 3.8) is 0 Å². The maximum Gasteiger partial charge on any atom is 0.365 e. The lowest BCUT2D eigenvalue weighted by atomic mass is 9.95. The molecular formula is C21H31N5O11S2. The van der Waals surface area contributed by atoms with Crippen molar-refractivity contribution < 1.29 is 51.2 Å². The lowest BCUT2D eigenvalue weighted by Crippen LogP contribution is -2.71. The molecule has 4 N–H and O–H groups in total. The molecule has 2 rings (SSSR count). The molecule has 0 radical (unpaired) electrons. The summed E-state index contributed by atoms with van der Waals surface area (Å²) in [6.07, 6.45) is 0. The van der Waals surface area contributed by atoms with Crippen LogP contribution in [0, 0.1) is 5.41 Å². The van der Waals surface area contributed by atoms with E-state index in [4.69, 9.17) is 24.2 Å². The number of carboxylic acid groups (broad SMARTS) is 1. The predicted molar refractivity (Wildman–Crippen MR) is 136 cm³/mol. The molecule has 2 atom stereocenters. The third-order valence-corrected chi connectivity index (χ3v) is 7.45. The second-order valence-electron chi connectivity index (χ2n) is 9.48. The first-order valence-electron chi connectivity index (χ1n) is 11.3. The van der Waals surface area contributed by atoms with Gasteiger partial charge < -0.3 is 30.5 Å². The number of carbonyl (C=O) groups excluding carboxylic acids is 3. The number of nitrogen functional groups attached to an aromatic ring is 1. The second kappa shape index (κ2) is 12.2. The molecule has 218 valence electrons. The van der Waals surface area contributed by atoms with Crippen molar-refractivity contribution in [3.05, 3.63) is 11.1 Å². The third kappa shape index (κ3) is 7.61. The van der Waals surface area contributed by atoms with Crippen molar-refractivity contribution in [1.29, 1.82) is 0 Å². The van der Waals surface area contributed by atoms with Gasteiger partial charge in [-0.25, -0.2) is 14.1 Å². The minimum atomic E-state index is -4.64. The van der Waals surface area contributed by atoms with Crippen LogP contribution < -0.4 is 11.1 Å². The van der Waals surface area contributed by atoms with Gasteiger partial charge in [0.1, 0.15) is 18.3 Å². The van der Waals surface area contributed by atoms with Crippen LogP contribution in [0.1, 0.15) is 40.3 Å². The van der Waals surface area contributed by atoms with Gasteiger partial charge in [-0.2, -0.15) is 8.42 Å². The number of aromatic nitrogens is 1. The van der Waals surface area contributed by atoms with Crippen molar-refractivity contribution in [2.45, 2.75) is 52.3 Å². The molecule has 0 bridgehead atoms. The fourth-order valence-electron chi connectivity index (χ4n) is 2.85. The molecule has 1 saturated heterocycles. The Morgan fingerprint density at radius 1 is 1.26 bits per heavy atom. The highest BCUT2D eigenvalue weighted by Gasteiger charge is 2.53. The molecule has 0 aromatic carbocycles. The number of nitrogens with two attached hydrogens (primary N) is 1. The SMILES string of the molecule is COCCOC(=O)C(C)(C)COS(=O)(=O)N1C(=O)[C@@H](NC(=O)C(=NOC(C)(C)C(=O)O)c2csc(N)n2)[C@@H]1C. The van der Waals surface area contributed by atoms with E-state index in [1.165, 1.54) is 47.1 Å². The largest absolute Gasteiger partial charge is 0.478 e. The highest BCUT2D eigenvalue weighted by molar-refractivity contribution is 7.85. The molecule has 0 spiro atoms. The number of amides is 2. The molecule has 1 aromatic rings. The van der Waals surface area contributed by atoms with E-state index in [1.54, 1.807) is 0 Å². The van der Waals surface area contributed by atoms with Gasteiger partial charge in [0.2, 0.25) is 5.60 Å². The van der Waals surface area contributed by atoms with E-state index < -0.39 is 69.5 Å². The highest BCUT2D eigenvalue weighted by atomic mass is 32.2. The fourth-order valence-corrected chi connectivity index (χ4v) is 4.82. The summed E-state index contributed by atoms with van der Waals surface area (Å²) >= 11 is 0.972. The third-order valence-electron chi connectivity index (χ3n) is 5.36. The molecule has 1 aromatic heterocycles. The Morgan fingerprint density at radius 2 is 1.90 bits per heavy atom. The Hall–Kier alpha value is -3.35. The van der Waals surface area contributed by atoms with E-state index in [9.17, 15) is 32.7 Å². The Balaban J connectivity index is 2.11. The molecule has 2 heterocycles. The molecule has 18 heteroatoms. The van der Waals surface area contributed by atoms with Gasteiger partial charge in [0, 0.05) is 12.5 Å². The topological polar surface area (TPSA) is 226 Å². The second-order valence-corrected chi connectivity index (χ2v) is 11.9. The van der Waals surface area contributed by atoms with Crippen LogP contribution in [0.15, 0.2) is 10.5 Å². The predicted octanol–water partition coefficient (Wildman–Crippen LogP) is -0.498. The molecule has 1 aliphatic heterocycles. The van der Waals surface area contributed by atoms with Crippen molar-refractivity contribution in [1.82, 2.24) is 14.6 Å². The van der Waals surface area contributed by atoms with Gasteiger partial charge in [0.15, 0.2) is 10.8 Å². The number of methoxy groups -OCH3 is 1. The van der Waals surface area contributed by atoms with E-state index in [2.05, 4.69) is 15.5 Å². The number of ether oxygens (including phenoxy) is 2. The summed E-state index contributed by atoms with van der Waals surface area (Å²) in [5, 5.41) is 16.6. The fraction of sp³-hybridized carbons (Fsp3) is 0.619. The zero-order valence-corrected chi connectivity index (χ0v) is 23.8. The minimum absolute atomic E-state index is 0.0355. The number of esters is 1. The first-order valence-corrected chi connectivity index (χ1v) is 13.6. The van der Waals surface area contributed by atoms with E-state index >= 15 is 0 Å². The summed E-state index contributed by atoms with van der Waals surface area (Å²) in [7, 11) is -3.22. The van der Waals surface area contributed by atoms with Crippen LogP contribution in [0.5, 0.6) is 0 Å². The van der Waals surface area contributed by atoms with Crippen LogP contribution in [-0.2, 0) is 48.0 Å². The van der Waals surface area contributed by atoms with Crippen LogP contribution in [-0.4, -0.2) is 96.9 Å². The summed E-state index contributed by atoms with van der Waals surface area (Å²) < 4.78 is 40.6. The van der Waals surface area contributed by atoms with Gasteiger partial charge in [-0.05, 0) is 34.6 Å². The lowest BCUT2D eigenvalue weighted by Gasteiger charge is -2.43. The summed E-state index contributed by atoms with van der Waals surface area (Å²) in [6.45, 7) is 6.05. The number of aliphatic carboxylic acids is 1. The lowest BCUT2D eigenvalue weighted by molar-refractivity contribution is -0.161. The number of hydrogen-bond acceptors (Lipinski definition) is 14. The first kappa shape index (κ1) is 31.9. The van der Waals surface area contributed by atoms with Crippen molar-refractivity contribution >= 4 is 56.2 Å². The molecule has 1 aliphatic rings. The standard InChI is InChI=1S/C21H31N5O11S2/c1-11-13(16(28)26(11)39(32,33)36-10-20(2,3)18(31)35-8-7-34-6)24-15(27)14(12-9-38-19(22)23-12)25-37-21(4,5)17(29)30/h9,11,13H,7-8,10H2,1-6H3,(H2,22,23)(H,24,27)(H,29,30)/t11-,13-/m0/s1. The molecule has 2 amide bonds. The number of nitrogens with zero attached hydrogens (tertiary/aromatic N) is 3. The maximum absolute atomic E-state index is 13.0. The van der Waals surface area contributed by atoms with Gasteiger partial charge >= 0.3 is 22.2 Å². The van der Waals surface area contributed by atoms with Crippen LogP contribution in [0.25, 0.3) is 0 Å². The van der Waals surface area contributed by atoms with E-state index in [1.807, 2.05) is 0 Å². The summed E-state index contributed by atoms with van der Waals surface area (Å²) in [4.78, 5) is 58.2. The zero-order chi connectivity index (χ0) is 29.8. The quantitative estimate of drug-likeness (QED) is 0.0814. The van der Waals surface area contributed by atoms with E-state index in [-0.39, 0.29) is 24.0 Å². The number of thiazole rings is 1. The molecule has 1 fully saturated rings. The van der Waals surface area contributed by atoms with Crippen LogP contribution >= 0.6 is 11.3 Å². The van der Waals surface area contributed by atoms with Gasteiger partial charge in [-0.3, -0.25) is 18.6 Å². The summed E-state index contributed by atoms with van der Waals surface area (Å²) in [5.41, 5.74) is 1.91. The molecule has 0 saturated carbocycles. The van der Waals surface area contributed by atoms with Gasteiger partial charge in [-0.15, -0.1) is 11.3 Å². The number of anilines is 1. The van der Waals surface area contributed by atoms with Crippen molar-refractivity contribution in [2.24, 2.45) is 10.6 Å². The van der Waals surface area contributed by atoms with Gasteiger partial charge in [-0.1, -0.05) is 5.16 Å². The normalized spacial score (nSPS) is 18.4. The number of rotatable bonds is 14. The van der Waals surface area contributed by atoms with Gasteiger partial charge in [0.25, 0.3) is 11.8 Å². The molecule has 16 nitrogen and oxygen atoms in total. The average Bonchev–Trinajstić information content (AvgIpc) is 3.27. The molecule has 0 unspecified atom stereocenters. The van der Waals surface area contributed by atoms with Crippen LogP contribution in [0.4, 0.5) is 5.13 Å². The van der Waals surface area contributed by atoms with Crippen LogP contribution in [0.2, 0.25) is 0 Å². The van der Waals surface area contributed by atoms with Crippen molar-refractivity contribution in [3.8, 4) is 0 Å². The molecular weight excluding hydrogens is 562 g/mol. The number of nitrogens with one attached hydrogen (secondary N) is 1. The van der Waals surface area contributed by atoms with E-state index in [0.717, 1.165) is 11.3 Å². The Bertz CT molecular complexity index is 1240. The minimum Gasteiger partial charge on any atom is -0.478 e.